The van der Waals surface area contributed by atoms with Crippen LogP contribution in [-0.2, 0) is 6.54 Å². The van der Waals surface area contributed by atoms with Gasteiger partial charge < -0.3 is 15.8 Å². The van der Waals surface area contributed by atoms with E-state index in [2.05, 4.69) is 16.2 Å². The molecule has 6 heteroatoms. The maximum Gasteiger partial charge on any atom is 0.255 e. The zero-order chi connectivity index (χ0) is 16.8. The summed E-state index contributed by atoms with van der Waals surface area (Å²) in [5.41, 5.74) is 6.96. The molecular formula is C17H16FN3O2. The molecule has 3 N–H and O–H groups in total. The van der Waals surface area contributed by atoms with Crippen LogP contribution in [0.1, 0.15) is 21.6 Å². The normalized spacial score (nSPS) is 9.96. The number of amides is 1. The molecular weight excluding hydrogens is 297 g/mol. The van der Waals surface area contributed by atoms with Crippen LogP contribution < -0.4 is 15.8 Å². The Morgan fingerprint density at radius 3 is 2.91 bits per heavy atom. The number of benzene rings is 1. The minimum atomic E-state index is -0.557. The maximum absolute atomic E-state index is 14.2. The summed E-state index contributed by atoms with van der Waals surface area (Å²) in [5.74, 6) is 1.46. The van der Waals surface area contributed by atoms with Gasteiger partial charge in [-0.05, 0) is 25.1 Å². The standard InChI is InChI=1S/C17H16FN3O2/c1-3-9-23-14-6-4-5-12(15(14)18)10-20-17(22)13-8-7-11(2)21-16(13)19/h1,4-8H,9-10H2,2H3,(H2,19,21)(H,20,22). The van der Waals surface area contributed by atoms with Crippen LogP contribution in [0.4, 0.5) is 10.2 Å². The van der Waals surface area contributed by atoms with E-state index < -0.39 is 11.7 Å². The summed E-state index contributed by atoms with van der Waals surface area (Å²) in [6.45, 7) is 1.73. The fraction of sp³-hybridized carbons (Fsp3) is 0.176. The maximum atomic E-state index is 14.2. The Morgan fingerprint density at radius 2 is 2.22 bits per heavy atom. The van der Waals surface area contributed by atoms with E-state index >= 15 is 0 Å². The predicted molar refractivity (Wildman–Crippen MR) is 85.3 cm³/mol. The molecule has 0 spiro atoms. The van der Waals surface area contributed by atoms with Gasteiger partial charge in [0, 0.05) is 17.8 Å². The summed E-state index contributed by atoms with van der Waals surface area (Å²) in [4.78, 5) is 16.1. The first-order chi connectivity index (χ1) is 11.0. The van der Waals surface area contributed by atoms with Gasteiger partial charge in [-0.25, -0.2) is 9.37 Å². The number of nitrogens with one attached hydrogen (secondary N) is 1. The zero-order valence-corrected chi connectivity index (χ0v) is 12.6. The van der Waals surface area contributed by atoms with E-state index in [0.29, 0.717) is 5.69 Å². The number of rotatable bonds is 5. The molecule has 1 aromatic carbocycles. The molecule has 0 aliphatic carbocycles. The molecule has 5 nitrogen and oxygen atoms in total. The fourth-order valence-corrected chi connectivity index (χ4v) is 1.96. The van der Waals surface area contributed by atoms with E-state index in [1.807, 2.05) is 0 Å². The van der Waals surface area contributed by atoms with Gasteiger partial charge in [-0.1, -0.05) is 18.1 Å². The number of pyridine rings is 1. The van der Waals surface area contributed by atoms with Gasteiger partial charge in [0.15, 0.2) is 11.6 Å². The van der Waals surface area contributed by atoms with E-state index in [-0.39, 0.29) is 35.8 Å². The lowest BCUT2D eigenvalue weighted by atomic mass is 10.1. The molecule has 0 saturated heterocycles. The monoisotopic (exact) mass is 313 g/mol. The SMILES string of the molecule is C#CCOc1cccc(CNC(=O)c2ccc(C)nc2N)c1F. The highest BCUT2D eigenvalue weighted by molar-refractivity contribution is 5.98. The molecule has 0 saturated carbocycles. The Hall–Kier alpha value is -3.07. The summed E-state index contributed by atoms with van der Waals surface area (Å²) in [7, 11) is 0. The highest BCUT2D eigenvalue weighted by Gasteiger charge is 2.13. The fourth-order valence-electron chi connectivity index (χ4n) is 1.96. The molecule has 1 amide bonds. The molecule has 2 aromatic rings. The Bertz CT molecular complexity index is 769. The van der Waals surface area contributed by atoms with Crippen molar-refractivity contribution in [3.8, 4) is 18.1 Å². The minimum absolute atomic E-state index is 0.00869. The van der Waals surface area contributed by atoms with Crippen LogP contribution in [-0.4, -0.2) is 17.5 Å². The number of terminal acetylenes is 1. The Morgan fingerprint density at radius 1 is 1.43 bits per heavy atom. The second kappa shape index (κ2) is 7.27. The predicted octanol–water partition coefficient (Wildman–Crippen LogP) is 2.05. The van der Waals surface area contributed by atoms with Crippen molar-refractivity contribution in [2.24, 2.45) is 0 Å². The molecule has 118 valence electrons. The van der Waals surface area contributed by atoms with Crippen LogP contribution >= 0.6 is 0 Å². The number of ether oxygens (including phenoxy) is 1. The van der Waals surface area contributed by atoms with Crippen LogP contribution in [0.25, 0.3) is 0 Å². The third kappa shape index (κ3) is 3.98. The molecule has 0 radical (unpaired) electrons. The van der Waals surface area contributed by atoms with Crippen molar-refractivity contribution in [3.63, 3.8) is 0 Å². The Kier molecular flexibility index (Phi) is 5.15. The molecule has 2 rings (SSSR count). The average Bonchev–Trinajstić information content (AvgIpc) is 2.52. The molecule has 0 aliphatic rings. The minimum Gasteiger partial charge on any atom is -0.478 e. The van der Waals surface area contributed by atoms with Gasteiger partial charge in [-0.15, -0.1) is 6.42 Å². The molecule has 0 aliphatic heterocycles. The summed E-state index contributed by atoms with van der Waals surface area (Å²) < 4.78 is 19.3. The highest BCUT2D eigenvalue weighted by Crippen LogP contribution is 2.20. The lowest BCUT2D eigenvalue weighted by Crippen LogP contribution is -2.24. The number of anilines is 1. The number of carbonyl (C=O) groups is 1. The van der Waals surface area contributed by atoms with Crippen LogP contribution in [0.3, 0.4) is 0 Å². The molecule has 23 heavy (non-hydrogen) atoms. The first-order valence-electron chi connectivity index (χ1n) is 6.88. The molecule has 0 fully saturated rings. The lowest BCUT2D eigenvalue weighted by Gasteiger charge is -2.10. The smallest absolute Gasteiger partial charge is 0.255 e. The van der Waals surface area contributed by atoms with Gasteiger partial charge in [-0.2, -0.15) is 0 Å². The molecule has 1 aromatic heterocycles. The first kappa shape index (κ1) is 16.3. The first-order valence-corrected chi connectivity index (χ1v) is 6.88. The summed E-state index contributed by atoms with van der Waals surface area (Å²) in [6, 6.07) is 7.91. The van der Waals surface area contributed by atoms with Gasteiger partial charge in [-0.3, -0.25) is 4.79 Å². The van der Waals surface area contributed by atoms with E-state index in [4.69, 9.17) is 16.9 Å². The Labute approximate surface area is 133 Å². The van der Waals surface area contributed by atoms with Gasteiger partial charge in [0.1, 0.15) is 12.4 Å². The number of aryl methyl sites for hydroxylation is 1. The van der Waals surface area contributed by atoms with E-state index in [1.165, 1.54) is 6.07 Å². The van der Waals surface area contributed by atoms with Crippen molar-refractivity contribution < 1.29 is 13.9 Å². The number of nitrogen functional groups attached to an aromatic ring is 1. The van der Waals surface area contributed by atoms with E-state index in [1.54, 1.807) is 31.2 Å². The van der Waals surface area contributed by atoms with Crippen molar-refractivity contribution >= 4 is 11.7 Å². The summed E-state index contributed by atoms with van der Waals surface area (Å²) >= 11 is 0. The van der Waals surface area contributed by atoms with Gasteiger partial charge in [0.2, 0.25) is 0 Å². The van der Waals surface area contributed by atoms with Gasteiger partial charge in [0.05, 0.1) is 5.56 Å². The largest absolute Gasteiger partial charge is 0.478 e. The van der Waals surface area contributed by atoms with Crippen molar-refractivity contribution in [2.75, 3.05) is 12.3 Å². The quantitative estimate of drug-likeness (QED) is 0.828. The van der Waals surface area contributed by atoms with Crippen LogP contribution in [0.15, 0.2) is 30.3 Å². The summed E-state index contributed by atoms with van der Waals surface area (Å²) in [5, 5.41) is 2.60. The van der Waals surface area contributed by atoms with Crippen molar-refractivity contribution in [3.05, 3.63) is 53.0 Å². The third-order valence-corrected chi connectivity index (χ3v) is 3.10. The Balaban J connectivity index is 2.09. The average molecular weight is 313 g/mol. The summed E-state index contributed by atoms with van der Waals surface area (Å²) in [6.07, 6.45) is 5.08. The van der Waals surface area contributed by atoms with E-state index in [0.717, 1.165) is 0 Å². The second-order valence-corrected chi connectivity index (χ2v) is 4.79. The van der Waals surface area contributed by atoms with Gasteiger partial charge >= 0.3 is 0 Å². The molecule has 0 bridgehead atoms. The molecule has 0 unspecified atom stereocenters. The van der Waals surface area contributed by atoms with Crippen molar-refractivity contribution in [2.45, 2.75) is 13.5 Å². The molecule has 0 atom stereocenters. The number of nitrogens with two attached hydrogens (primary N) is 1. The number of nitrogens with zero attached hydrogens (tertiary/aromatic N) is 1. The zero-order valence-electron chi connectivity index (χ0n) is 12.6. The topological polar surface area (TPSA) is 77.2 Å². The number of hydrogen-bond donors (Lipinski definition) is 2. The number of hydrogen-bond acceptors (Lipinski definition) is 4. The highest BCUT2D eigenvalue weighted by atomic mass is 19.1. The van der Waals surface area contributed by atoms with E-state index in [9.17, 15) is 9.18 Å². The van der Waals surface area contributed by atoms with Crippen LogP contribution in [0.2, 0.25) is 0 Å². The number of carbonyl (C=O) groups excluding carboxylic acids is 1. The molecule has 1 heterocycles. The van der Waals surface area contributed by atoms with Crippen molar-refractivity contribution in [1.82, 2.24) is 10.3 Å². The third-order valence-electron chi connectivity index (χ3n) is 3.10. The number of aromatic nitrogens is 1. The lowest BCUT2D eigenvalue weighted by molar-refractivity contribution is 0.0951. The van der Waals surface area contributed by atoms with Crippen LogP contribution in [0.5, 0.6) is 5.75 Å². The second-order valence-electron chi connectivity index (χ2n) is 4.79. The van der Waals surface area contributed by atoms with Gasteiger partial charge in [0.25, 0.3) is 5.91 Å². The van der Waals surface area contributed by atoms with Crippen LogP contribution in [0, 0.1) is 25.1 Å². The van der Waals surface area contributed by atoms with Crippen molar-refractivity contribution in [1.29, 1.82) is 0 Å². The number of halogens is 1.